The molecule has 0 saturated carbocycles. The molecule has 1 heterocycles. The van der Waals surface area contributed by atoms with Crippen LogP contribution in [0.2, 0.25) is 0 Å². The molecule has 0 fully saturated rings. The van der Waals surface area contributed by atoms with Gasteiger partial charge in [-0.2, -0.15) is 0 Å². The van der Waals surface area contributed by atoms with Gasteiger partial charge in [0.2, 0.25) is 5.91 Å². The molecule has 0 aliphatic heterocycles. The highest BCUT2D eigenvalue weighted by molar-refractivity contribution is 8.00. The second-order valence-electron chi connectivity index (χ2n) is 11.1. The van der Waals surface area contributed by atoms with E-state index in [0.717, 1.165) is 48.3 Å². The number of rotatable bonds is 17. The van der Waals surface area contributed by atoms with Crippen LogP contribution in [0.15, 0.2) is 70.4 Å². The standard InChI is InChI=1S/C35H47N3O4S/c1-6-9-10-11-15-22-37(28-18-20-29(21-19-28)43-31(23-26(4)5)35(41)42-8-3)34(40)25-38-32(7-2)36-30(24-33(38)39)27-16-13-12-14-17-27/h12-14,16-21,24,26,31H,6-11,15,22-23,25H2,1-5H3. The first-order valence-electron chi connectivity index (χ1n) is 15.7. The Kier molecular flexibility index (Phi) is 14.0. The third-order valence-corrected chi connectivity index (χ3v) is 8.43. The van der Waals surface area contributed by atoms with E-state index in [1.165, 1.54) is 28.8 Å². The van der Waals surface area contributed by atoms with E-state index in [0.29, 0.717) is 37.0 Å². The zero-order chi connectivity index (χ0) is 31.2. The van der Waals surface area contributed by atoms with Crippen LogP contribution in [0.4, 0.5) is 5.69 Å². The molecule has 0 N–H and O–H groups in total. The molecule has 1 atom stereocenters. The molecule has 3 aromatic rings. The van der Waals surface area contributed by atoms with E-state index in [9.17, 15) is 14.4 Å². The number of benzene rings is 2. The molecule has 3 rings (SSSR count). The SMILES string of the molecule is CCCCCCCN(C(=O)Cn1c(CC)nc(-c2ccccc2)cc1=O)c1ccc(SC(CC(C)C)C(=O)OCC)cc1. The van der Waals surface area contributed by atoms with E-state index in [1.54, 1.807) is 4.90 Å². The lowest BCUT2D eigenvalue weighted by Gasteiger charge is -2.25. The van der Waals surface area contributed by atoms with Crippen molar-refractivity contribution in [3.8, 4) is 11.3 Å². The summed E-state index contributed by atoms with van der Waals surface area (Å²) in [6.45, 7) is 11.0. The fourth-order valence-corrected chi connectivity index (χ4v) is 6.23. The van der Waals surface area contributed by atoms with Crippen molar-refractivity contribution >= 4 is 29.3 Å². The van der Waals surface area contributed by atoms with Gasteiger partial charge in [-0.25, -0.2) is 4.98 Å². The van der Waals surface area contributed by atoms with E-state index < -0.39 is 0 Å². The summed E-state index contributed by atoms with van der Waals surface area (Å²) in [5, 5.41) is -0.284. The van der Waals surface area contributed by atoms with E-state index >= 15 is 0 Å². The second kappa shape index (κ2) is 17.7. The highest BCUT2D eigenvalue weighted by Crippen LogP contribution is 2.30. The topological polar surface area (TPSA) is 81.5 Å². The third kappa shape index (κ3) is 10.4. The molecule has 0 aliphatic carbocycles. The number of anilines is 1. The number of ether oxygens (including phenoxy) is 1. The number of aromatic nitrogens is 2. The first-order chi connectivity index (χ1) is 20.8. The van der Waals surface area contributed by atoms with Crippen LogP contribution in [0.25, 0.3) is 11.3 Å². The molecule has 2 aromatic carbocycles. The van der Waals surface area contributed by atoms with Crippen molar-refractivity contribution in [1.29, 1.82) is 0 Å². The third-order valence-electron chi connectivity index (χ3n) is 7.21. The molecular formula is C35H47N3O4S. The lowest BCUT2D eigenvalue weighted by Crippen LogP contribution is -2.38. The zero-order valence-corrected chi connectivity index (χ0v) is 27.2. The maximum absolute atomic E-state index is 13.8. The summed E-state index contributed by atoms with van der Waals surface area (Å²) in [6.07, 6.45) is 6.62. The number of hydrogen-bond donors (Lipinski definition) is 0. The molecule has 0 radical (unpaired) electrons. The van der Waals surface area contributed by atoms with Gasteiger partial charge in [0.05, 0.1) is 12.3 Å². The average Bonchev–Trinajstić information content (AvgIpc) is 3.00. The van der Waals surface area contributed by atoms with Crippen molar-refractivity contribution in [3.05, 3.63) is 76.8 Å². The summed E-state index contributed by atoms with van der Waals surface area (Å²) in [5.41, 5.74) is 2.04. The quantitative estimate of drug-likeness (QED) is 0.0898. The van der Waals surface area contributed by atoms with Gasteiger partial charge in [-0.15, -0.1) is 11.8 Å². The zero-order valence-electron chi connectivity index (χ0n) is 26.4. The molecule has 1 amide bonds. The fraction of sp³-hybridized carbons (Fsp3) is 0.486. The highest BCUT2D eigenvalue weighted by atomic mass is 32.2. The van der Waals surface area contributed by atoms with Gasteiger partial charge in [-0.1, -0.05) is 83.7 Å². The number of unbranched alkanes of at least 4 members (excludes halogenated alkanes) is 4. The molecule has 0 saturated heterocycles. The van der Waals surface area contributed by atoms with Crippen LogP contribution in [0.5, 0.6) is 0 Å². The Hall–Kier alpha value is -3.39. The van der Waals surface area contributed by atoms with Crippen molar-refractivity contribution in [2.24, 2.45) is 5.92 Å². The molecular weight excluding hydrogens is 558 g/mol. The number of aryl methyl sites for hydroxylation is 1. The summed E-state index contributed by atoms with van der Waals surface area (Å²) in [5.74, 6) is 0.601. The molecule has 1 aromatic heterocycles. The monoisotopic (exact) mass is 605 g/mol. The van der Waals surface area contributed by atoms with Crippen molar-refractivity contribution in [3.63, 3.8) is 0 Å². The lowest BCUT2D eigenvalue weighted by molar-refractivity contribution is -0.142. The summed E-state index contributed by atoms with van der Waals surface area (Å²) >= 11 is 1.50. The molecule has 43 heavy (non-hydrogen) atoms. The summed E-state index contributed by atoms with van der Waals surface area (Å²) in [4.78, 5) is 47.1. The van der Waals surface area contributed by atoms with Crippen molar-refractivity contribution in [2.45, 2.75) is 96.3 Å². The van der Waals surface area contributed by atoms with Crippen molar-refractivity contribution in [2.75, 3.05) is 18.1 Å². The first-order valence-corrected chi connectivity index (χ1v) is 16.5. The lowest BCUT2D eigenvalue weighted by atomic mass is 10.1. The number of carbonyl (C=O) groups excluding carboxylic acids is 2. The molecule has 0 spiro atoms. The number of amides is 1. The minimum Gasteiger partial charge on any atom is -0.465 e. The number of carbonyl (C=O) groups is 2. The summed E-state index contributed by atoms with van der Waals surface area (Å²) in [7, 11) is 0. The molecule has 1 unspecified atom stereocenters. The number of esters is 1. The largest absolute Gasteiger partial charge is 0.465 e. The average molecular weight is 606 g/mol. The number of hydrogen-bond acceptors (Lipinski definition) is 6. The van der Waals surface area contributed by atoms with E-state index in [4.69, 9.17) is 9.72 Å². The van der Waals surface area contributed by atoms with Gasteiger partial charge in [0.15, 0.2) is 0 Å². The smallest absolute Gasteiger partial charge is 0.319 e. The molecule has 0 aliphatic rings. The Morgan fingerprint density at radius 2 is 1.65 bits per heavy atom. The second-order valence-corrected chi connectivity index (χ2v) is 12.4. The van der Waals surface area contributed by atoms with Crippen LogP contribution < -0.4 is 10.5 Å². The Morgan fingerprint density at radius 3 is 2.28 bits per heavy atom. The normalized spacial score (nSPS) is 11.9. The Morgan fingerprint density at radius 1 is 0.953 bits per heavy atom. The van der Waals surface area contributed by atoms with Gasteiger partial charge in [-0.3, -0.25) is 19.0 Å². The Labute approximate surface area is 261 Å². The molecule has 232 valence electrons. The minimum atomic E-state index is -0.284. The van der Waals surface area contributed by atoms with Gasteiger partial charge < -0.3 is 9.64 Å². The number of thioether (sulfide) groups is 1. The van der Waals surface area contributed by atoms with E-state index in [2.05, 4.69) is 20.8 Å². The van der Waals surface area contributed by atoms with Crippen LogP contribution in [0.1, 0.15) is 79.0 Å². The molecule has 8 heteroatoms. The summed E-state index contributed by atoms with van der Waals surface area (Å²) < 4.78 is 6.81. The predicted molar refractivity (Wildman–Crippen MR) is 177 cm³/mol. The first kappa shape index (κ1) is 34.1. The highest BCUT2D eigenvalue weighted by Gasteiger charge is 2.23. The van der Waals surface area contributed by atoms with Crippen LogP contribution >= 0.6 is 11.8 Å². The van der Waals surface area contributed by atoms with Crippen molar-refractivity contribution < 1.29 is 14.3 Å². The van der Waals surface area contributed by atoms with Crippen LogP contribution in [0.3, 0.4) is 0 Å². The van der Waals surface area contributed by atoms with E-state index in [1.807, 2.05) is 68.4 Å². The molecule has 7 nitrogen and oxygen atoms in total. The van der Waals surface area contributed by atoms with Crippen molar-refractivity contribution in [1.82, 2.24) is 9.55 Å². The predicted octanol–water partition coefficient (Wildman–Crippen LogP) is 7.55. The van der Waals surface area contributed by atoms with Crippen LogP contribution in [-0.4, -0.2) is 39.8 Å². The van der Waals surface area contributed by atoms with Crippen LogP contribution in [0, 0.1) is 5.92 Å². The fourth-order valence-electron chi connectivity index (χ4n) is 4.97. The Balaban J connectivity index is 1.84. The van der Waals surface area contributed by atoms with Gasteiger partial charge >= 0.3 is 5.97 Å². The maximum Gasteiger partial charge on any atom is 0.319 e. The Bertz CT molecular complexity index is 1360. The van der Waals surface area contributed by atoms with E-state index in [-0.39, 0.29) is 29.2 Å². The minimum absolute atomic E-state index is 0.0745. The summed E-state index contributed by atoms with van der Waals surface area (Å²) in [6, 6.07) is 18.9. The van der Waals surface area contributed by atoms with Crippen LogP contribution in [-0.2, 0) is 27.3 Å². The van der Waals surface area contributed by atoms with Gasteiger partial charge in [0.1, 0.15) is 17.6 Å². The molecule has 0 bridgehead atoms. The number of nitrogens with zero attached hydrogens (tertiary/aromatic N) is 3. The van der Waals surface area contributed by atoms with Gasteiger partial charge in [-0.05, 0) is 49.9 Å². The van der Waals surface area contributed by atoms with Gasteiger partial charge in [0.25, 0.3) is 5.56 Å². The van der Waals surface area contributed by atoms with Gasteiger partial charge in [0, 0.05) is 35.2 Å². The maximum atomic E-state index is 13.8.